The molecule has 0 aromatic heterocycles. The van der Waals surface area contributed by atoms with Crippen molar-refractivity contribution in [2.45, 2.75) is 25.4 Å². The average Bonchev–Trinajstić information content (AvgIpc) is 2.37. The van der Waals surface area contributed by atoms with Crippen LogP contribution in [0.2, 0.25) is 0 Å². The summed E-state index contributed by atoms with van der Waals surface area (Å²) in [6, 6.07) is 6.31. The molecule has 21 heavy (non-hydrogen) atoms. The Kier molecular flexibility index (Phi) is 4.41. The fourth-order valence-electron chi connectivity index (χ4n) is 2.15. The Hall–Kier alpha value is -1.76. The topological polar surface area (TPSA) is 82.0 Å². The van der Waals surface area contributed by atoms with E-state index < -0.39 is 17.5 Å². The number of nitrogens with zero attached hydrogens (tertiary/aromatic N) is 1. The smallest absolute Gasteiger partial charge is 0.338 e. The number of aliphatic hydroxyl groups excluding tert-OH is 1. The van der Waals surface area contributed by atoms with Crippen LogP contribution in [-0.2, 0) is 4.74 Å². The van der Waals surface area contributed by atoms with Crippen LogP contribution in [0.5, 0.6) is 0 Å². The molecule has 1 aliphatic heterocycles. The lowest BCUT2D eigenvalue weighted by atomic mass is 10.1. The lowest BCUT2D eigenvalue weighted by molar-refractivity contribution is 0.0440. The van der Waals surface area contributed by atoms with Crippen molar-refractivity contribution in [1.29, 1.82) is 0 Å². The number of aliphatic hydroxyl groups is 2. The van der Waals surface area contributed by atoms with Gasteiger partial charge in [0, 0.05) is 11.4 Å². The van der Waals surface area contributed by atoms with Crippen molar-refractivity contribution >= 4 is 23.3 Å². The Morgan fingerprint density at radius 3 is 2.90 bits per heavy atom. The number of ether oxygens (including phenoxy) is 1. The molecule has 6 nitrogen and oxygen atoms in total. The molecule has 1 heterocycles. The molecule has 0 saturated heterocycles. The van der Waals surface area contributed by atoms with Gasteiger partial charge in [-0.25, -0.2) is 4.79 Å². The number of carbonyl (C=O) groups is 1. The van der Waals surface area contributed by atoms with Crippen LogP contribution in [0.4, 0.5) is 5.69 Å². The maximum absolute atomic E-state index is 11.7. The van der Waals surface area contributed by atoms with Crippen molar-refractivity contribution in [3.05, 3.63) is 41.6 Å². The Bertz CT molecular complexity index is 574. The third-order valence-corrected chi connectivity index (χ3v) is 3.25. The first-order valence-electron chi connectivity index (χ1n) is 6.47. The van der Waals surface area contributed by atoms with Gasteiger partial charge in [-0.2, -0.15) is 0 Å². The van der Waals surface area contributed by atoms with Gasteiger partial charge in [-0.15, -0.1) is 0 Å². The molecule has 0 spiro atoms. The second-order valence-corrected chi connectivity index (χ2v) is 5.14. The SMILES string of the molecule is CCOC(=O)c1cccc(N2C(O)C=C(C)NC2(O)Cl)c1. The van der Waals surface area contributed by atoms with Crippen molar-refractivity contribution in [2.24, 2.45) is 0 Å². The first-order valence-corrected chi connectivity index (χ1v) is 6.85. The number of nitrogens with one attached hydrogen (secondary N) is 1. The molecule has 0 amide bonds. The minimum atomic E-state index is -1.99. The zero-order valence-electron chi connectivity index (χ0n) is 11.7. The molecule has 2 unspecified atom stereocenters. The molecule has 1 aromatic rings. The maximum Gasteiger partial charge on any atom is 0.338 e. The summed E-state index contributed by atoms with van der Waals surface area (Å²) in [6.07, 6.45) is 0.361. The van der Waals surface area contributed by atoms with E-state index in [1.807, 2.05) is 0 Å². The summed E-state index contributed by atoms with van der Waals surface area (Å²) in [5.41, 5.74) is 1.22. The van der Waals surface area contributed by atoms with Crippen LogP contribution in [0.25, 0.3) is 0 Å². The summed E-state index contributed by atoms with van der Waals surface area (Å²) >= 11 is 6.01. The number of hydrogen-bond acceptors (Lipinski definition) is 6. The van der Waals surface area contributed by atoms with E-state index in [1.165, 1.54) is 12.1 Å². The molecule has 0 aliphatic carbocycles. The number of alkyl halides is 1. The molecule has 3 N–H and O–H groups in total. The van der Waals surface area contributed by atoms with Crippen molar-refractivity contribution in [1.82, 2.24) is 5.32 Å². The van der Waals surface area contributed by atoms with Gasteiger partial charge in [0.25, 0.3) is 0 Å². The first kappa shape index (κ1) is 15.6. The van der Waals surface area contributed by atoms with E-state index in [0.717, 1.165) is 4.90 Å². The molecule has 0 fully saturated rings. The summed E-state index contributed by atoms with van der Waals surface area (Å²) in [4.78, 5) is 12.9. The van der Waals surface area contributed by atoms with Crippen molar-refractivity contribution < 1.29 is 19.7 Å². The van der Waals surface area contributed by atoms with Crippen LogP contribution in [-0.4, -0.2) is 34.3 Å². The Morgan fingerprint density at radius 1 is 1.57 bits per heavy atom. The van der Waals surface area contributed by atoms with Gasteiger partial charge < -0.3 is 20.3 Å². The summed E-state index contributed by atoms with van der Waals surface area (Å²) in [5.74, 6) is -0.483. The highest BCUT2D eigenvalue weighted by Crippen LogP contribution is 2.31. The number of esters is 1. The standard InChI is InChI=1S/C14H17ClN2O4/c1-3-21-13(19)10-5-4-6-11(8-10)17-12(18)7-9(2)16-14(17,15)20/h4-8,12,16,18,20H,3H2,1-2H3. The third kappa shape index (κ3) is 3.29. The molecule has 0 radical (unpaired) electrons. The molecule has 2 atom stereocenters. The highest BCUT2D eigenvalue weighted by Gasteiger charge is 2.39. The lowest BCUT2D eigenvalue weighted by Crippen LogP contribution is -2.61. The molecular formula is C14H17ClN2O4. The van der Waals surface area contributed by atoms with Crippen molar-refractivity contribution in [3.8, 4) is 0 Å². The molecule has 0 saturated carbocycles. The van der Waals surface area contributed by atoms with Gasteiger partial charge in [-0.3, -0.25) is 4.90 Å². The number of hydrogen-bond donors (Lipinski definition) is 3. The second kappa shape index (κ2) is 5.93. The van der Waals surface area contributed by atoms with Crippen LogP contribution >= 0.6 is 11.6 Å². The van der Waals surface area contributed by atoms with E-state index >= 15 is 0 Å². The van der Waals surface area contributed by atoms with Gasteiger partial charge in [0.15, 0.2) is 6.23 Å². The monoisotopic (exact) mass is 312 g/mol. The van der Waals surface area contributed by atoms with E-state index in [2.05, 4.69) is 5.32 Å². The van der Waals surface area contributed by atoms with Crippen molar-refractivity contribution in [3.63, 3.8) is 0 Å². The number of anilines is 1. The van der Waals surface area contributed by atoms with Crippen LogP contribution in [0.1, 0.15) is 24.2 Å². The zero-order valence-corrected chi connectivity index (χ0v) is 12.5. The second-order valence-electron chi connectivity index (χ2n) is 4.62. The molecule has 0 bridgehead atoms. The number of rotatable bonds is 3. The fraction of sp³-hybridized carbons (Fsp3) is 0.357. The number of halogens is 1. The van der Waals surface area contributed by atoms with Crippen molar-refractivity contribution in [2.75, 3.05) is 11.5 Å². The van der Waals surface area contributed by atoms with Crippen LogP contribution in [0, 0.1) is 0 Å². The molecule has 114 valence electrons. The highest BCUT2D eigenvalue weighted by atomic mass is 35.5. The molecule has 2 rings (SSSR count). The Morgan fingerprint density at radius 2 is 2.29 bits per heavy atom. The first-order chi connectivity index (χ1) is 9.85. The van der Waals surface area contributed by atoms with Gasteiger partial charge in [-0.1, -0.05) is 6.07 Å². The number of carbonyl (C=O) groups excluding carboxylic acids is 1. The van der Waals surface area contributed by atoms with Gasteiger partial charge in [0.1, 0.15) is 0 Å². The van der Waals surface area contributed by atoms with Gasteiger partial charge in [0.05, 0.1) is 12.2 Å². The van der Waals surface area contributed by atoms with Crippen LogP contribution < -0.4 is 10.2 Å². The fourth-order valence-corrected chi connectivity index (χ4v) is 2.49. The van der Waals surface area contributed by atoms with E-state index in [9.17, 15) is 15.0 Å². The van der Waals surface area contributed by atoms with E-state index in [-0.39, 0.29) is 6.61 Å². The molecule has 7 heteroatoms. The average molecular weight is 313 g/mol. The quantitative estimate of drug-likeness (QED) is 0.444. The van der Waals surface area contributed by atoms with Gasteiger partial charge in [-0.05, 0) is 49.7 Å². The Balaban J connectivity index is 2.37. The minimum absolute atomic E-state index is 0.262. The summed E-state index contributed by atoms with van der Waals surface area (Å²) in [7, 11) is 0. The molecule has 1 aliphatic rings. The summed E-state index contributed by atoms with van der Waals surface area (Å²) < 4.78 is 4.92. The van der Waals surface area contributed by atoms with Crippen LogP contribution in [0.15, 0.2) is 36.0 Å². The molecule has 1 aromatic carbocycles. The molecular weight excluding hydrogens is 296 g/mol. The van der Waals surface area contributed by atoms with E-state index in [4.69, 9.17) is 16.3 Å². The summed E-state index contributed by atoms with van der Waals surface area (Å²) in [5, 5.41) is 21.0. The normalized spacial score (nSPS) is 25.1. The number of allylic oxidation sites excluding steroid dienone is 1. The van der Waals surface area contributed by atoms with E-state index in [1.54, 1.807) is 32.0 Å². The number of benzene rings is 1. The maximum atomic E-state index is 11.7. The zero-order chi connectivity index (χ0) is 15.6. The van der Waals surface area contributed by atoms with Gasteiger partial charge >= 0.3 is 11.3 Å². The highest BCUT2D eigenvalue weighted by molar-refractivity contribution is 6.24. The predicted octanol–water partition coefficient (Wildman–Crippen LogP) is 1.34. The lowest BCUT2D eigenvalue weighted by Gasteiger charge is -2.42. The van der Waals surface area contributed by atoms with E-state index in [0.29, 0.717) is 16.9 Å². The largest absolute Gasteiger partial charge is 0.462 e. The van der Waals surface area contributed by atoms with Crippen LogP contribution in [0.3, 0.4) is 0 Å². The Labute approximate surface area is 127 Å². The van der Waals surface area contributed by atoms with Gasteiger partial charge in [0.2, 0.25) is 0 Å². The summed E-state index contributed by atoms with van der Waals surface area (Å²) in [6.45, 7) is 3.65. The predicted molar refractivity (Wildman–Crippen MR) is 78.6 cm³/mol. The third-order valence-electron chi connectivity index (χ3n) is 2.97. The minimum Gasteiger partial charge on any atom is -0.462 e.